The van der Waals surface area contributed by atoms with Gasteiger partial charge in [-0.1, -0.05) is 6.07 Å². The van der Waals surface area contributed by atoms with Gasteiger partial charge in [0.15, 0.2) is 0 Å². The van der Waals surface area contributed by atoms with E-state index in [-0.39, 0.29) is 6.10 Å². The Labute approximate surface area is 78.8 Å². The Hall–Kier alpha value is -0.930. The van der Waals surface area contributed by atoms with Gasteiger partial charge < -0.3 is 10.4 Å². The molecule has 0 spiro atoms. The fraction of sp³-hybridized carbons (Fsp3) is 0.500. The summed E-state index contributed by atoms with van der Waals surface area (Å²) in [5, 5.41) is 12.1. The quantitative estimate of drug-likeness (QED) is 0.722. The van der Waals surface area contributed by atoms with E-state index in [0.29, 0.717) is 6.54 Å². The Morgan fingerprint density at radius 1 is 1.62 bits per heavy atom. The van der Waals surface area contributed by atoms with Gasteiger partial charge in [0.2, 0.25) is 0 Å². The lowest BCUT2D eigenvalue weighted by Crippen LogP contribution is -2.24. The van der Waals surface area contributed by atoms with Crippen LogP contribution in [0.15, 0.2) is 18.3 Å². The van der Waals surface area contributed by atoms with Crippen molar-refractivity contribution in [1.82, 2.24) is 10.3 Å². The third-order valence-electron chi connectivity index (χ3n) is 1.85. The highest BCUT2D eigenvalue weighted by Crippen LogP contribution is 2.01. The summed E-state index contributed by atoms with van der Waals surface area (Å²) in [6, 6.07) is 3.96. The van der Waals surface area contributed by atoms with Crippen molar-refractivity contribution in [2.45, 2.75) is 26.5 Å². The van der Waals surface area contributed by atoms with Crippen molar-refractivity contribution < 1.29 is 5.11 Å². The van der Waals surface area contributed by atoms with E-state index in [4.69, 9.17) is 5.11 Å². The van der Waals surface area contributed by atoms with E-state index < -0.39 is 0 Å². The number of rotatable bonds is 4. The molecule has 0 saturated carbocycles. The van der Waals surface area contributed by atoms with Crippen molar-refractivity contribution in [2.75, 3.05) is 6.54 Å². The molecule has 0 aliphatic carbocycles. The predicted molar refractivity (Wildman–Crippen MR) is 52.4 cm³/mol. The molecule has 1 aromatic rings. The van der Waals surface area contributed by atoms with E-state index in [2.05, 4.69) is 10.3 Å². The number of hydrogen-bond donors (Lipinski definition) is 2. The van der Waals surface area contributed by atoms with Crippen molar-refractivity contribution in [3.05, 3.63) is 29.6 Å². The number of aromatic nitrogens is 1. The Balaban J connectivity index is 2.41. The number of hydrogen-bond acceptors (Lipinski definition) is 3. The average molecular weight is 180 g/mol. The monoisotopic (exact) mass is 180 g/mol. The van der Waals surface area contributed by atoms with Gasteiger partial charge in [-0.15, -0.1) is 0 Å². The number of aryl methyl sites for hydroxylation is 1. The maximum Gasteiger partial charge on any atom is 0.0636 e. The average Bonchev–Trinajstić information content (AvgIpc) is 2.08. The molecule has 0 aromatic carbocycles. The van der Waals surface area contributed by atoms with Crippen LogP contribution < -0.4 is 5.32 Å². The lowest BCUT2D eigenvalue weighted by Gasteiger charge is -2.07. The van der Waals surface area contributed by atoms with Crippen LogP contribution in [-0.2, 0) is 6.54 Å². The van der Waals surface area contributed by atoms with Crippen LogP contribution in [-0.4, -0.2) is 22.7 Å². The van der Waals surface area contributed by atoms with Gasteiger partial charge in [0.05, 0.1) is 11.8 Å². The van der Waals surface area contributed by atoms with Gasteiger partial charge in [0.25, 0.3) is 0 Å². The van der Waals surface area contributed by atoms with Gasteiger partial charge in [-0.2, -0.15) is 0 Å². The first-order valence-electron chi connectivity index (χ1n) is 4.49. The SMILES string of the molecule is Cc1cccnc1CNC[C@@H](C)O. The van der Waals surface area contributed by atoms with Crippen molar-refractivity contribution in [3.8, 4) is 0 Å². The highest BCUT2D eigenvalue weighted by Gasteiger charge is 1.99. The molecule has 0 bridgehead atoms. The van der Waals surface area contributed by atoms with Gasteiger partial charge >= 0.3 is 0 Å². The summed E-state index contributed by atoms with van der Waals surface area (Å²) in [4.78, 5) is 4.23. The van der Waals surface area contributed by atoms with E-state index in [1.807, 2.05) is 19.1 Å². The second-order valence-electron chi connectivity index (χ2n) is 3.25. The summed E-state index contributed by atoms with van der Waals surface area (Å²) in [5.74, 6) is 0. The van der Waals surface area contributed by atoms with Crippen LogP contribution in [0, 0.1) is 6.92 Å². The molecular formula is C10H16N2O. The topological polar surface area (TPSA) is 45.2 Å². The molecular weight excluding hydrogens is 164 g/mol. The number of aliphatic hydroxyl groups excluding tert-OH is 1. The minimum Gasteiger partial charge on any atom is -0.392 e. The first-order valence-corrected chi connectivity index (χ1v) is 4.49. The zero-order chi connectivity index (χ0) is 9.68. The predicted octanol–water partition coefficient (Wildman–Crippen LogP) is 0.860. The molecule has 1 rings (SSSR count). The molecule has 0 unspecified atom stereocenters. The number of pyridine rings is 1. The fourth-order valence-corrected chi connectivity index (χ4v) is 1.10. The molecule has 0 fully saturated rings. The van der Waals surface area contributed by atoms with Crippen LogP contribution in [0.5, 0.6) is 0 Å². The van der Waals surface area contributed by atoms with E-state index in [0.717, 1.165) is 12.2 Å². The highest BCUT2D eigenvalue weighted by molar-refractivity contribution is 5.17. The first kappa shape index (κ1) is 10.2. The van der Waals surface area contributed by atoms with Gasteiger partial charge in [0.1, 0.15) is 0 Å². The molecule has 0 aliphatic heterocycles. The Bertz CT molecular complexity index is 261. The molecule has 13 heavy (non-hydrogen) atoms. The summed E-state index contributed by atoms with van der Waals surface area (Å²) in [7, 11) is 0. The van der Waals surface area contributed by atoms with Crippen LogP contribution in [0.2, 0.25) is 0 Å². The standard InChI is InChI=1S/C10H16N2O/c1-8-4-3-5-12-10(8)7-11-6-9(2)13/h3-5,9,11,13H,6-7H2,1-2H3/t9-/m1/s1. The molecule has 0 radical (unpaired) electrons. The van der Waals surface area contributed by atoms with Gasteiger partial charge in [-0.05, 0) is 25.5 Å². The summed E-state index contributed by atoms with van der Waals surface area (Å²) < 4.78 is 0. The molecule has 3 nitrogen and oxygen atoms in total. The van der Waals surface area contributed by atoms with Crippen molar-refractivity contribution in [1.29, 1.82) is 0 Å². The Morgan fingerprint density at radius 2 is 2.38 bits per heavy atom. The molecule has 72 valence electrons. The zero-order valence-electron chi connectivity index (χ0n) is 8.12. The van der Waals surface area contributed by atoms with Crippen LogP contribution >= 0.6 is 0 Å². The maximum absolute atomic E-state index is 9.02. The van der Waals surface area contributed by atoms with Crippen LogP contribution in [0.1, 0.15) is 18.2 Å². The normalized spacial score (nSPS) is 12.8. The first-order chi connectivity index (χ1) is 6.20. The van der Waals surface area contributed by atoms with Gasteiger partial charge in [0, 0.05) is 19.3 Å². The summed E-state index contributed by atoms with van der Waals surface area (Å²) >= 11 is 0. The fourth-order valence-electron chi connectivity index (χ4n) is 1.10. The highest BCUT2D eigenvalue weighted by atomic mass is 16.3. The lowest BCUT2D eigenvalue weighted by molar-refractivity contribution is 0.191. The molecule has 1 heterocycles. The van der Waals surface area contributed by atoms with E-state index >= 15 is 0 Å². The Morgan fingerprint density at radius 3 is 3.00 bits per heavy atom. The number of nitrogens with zero attached hydrogens (tertiary/aromatic N) is 1. The Kier molecular flexibility index (Phi) is 3.86. The molecule has 1 aromatic heterocycles. The van der Waals surface area contributed by atoms with Gasteiger partial charge in [-0.3, -0.25) is 4.98 Å². The van der Waals surface area contributed by atoms with Crippen LogP contribution in [0.25, 0.3) is 0 Å². The van der Waals surface area contributed by atoms with Crippen molar-refractivity contribution >= 4 is 0 Å². The molecule has 1 atom stereocenters. The molecule has 0 aliphatic rings. The molecule has 0 saturated heterocycles. The molecule has 2 N–H and O–H groups in total. The van der Waals surface area contributed by atoms with E-state index in [9.17, 15) is 0 Å². The smallest absolute Gasteiger partial charge is 0.0636 e. The zero-order valence-corrected chi connectivity index (χ0v) is 8.12. The summed E-state index contributed by atoms with van der Waals surface area (Å²) in [5.41, 5.74) is 2.23. The second-order valence-corrected chi connectivity index (χ2v) is 3.25. The minimum absolute atomic E-state index is 0.302. The minimum atomic E-state index is -0.302. The van der Waals surface area contributed by atoms with Crippen molar-refractivity contribution in [2.24, 2.45) is 0 Å². The lowest BCUT2D eigenvalue weighted by atomic mass is 10.2. The second kappa shape index (κ2) is 4.94. The van der Waals surface area contributed by atoms with Gasteiger partial charge in [-0.25, -0.2) is 0 Å². The molecule has 3 heteroatoms. The summed E-state index contributed by atoms with van der Waals surface area (Å²) in [6.07, 6.45) is 1.48. The third kappa shape index (κ3) is 3.53. The van der Waals surface area contributed by atoms with E-state index in [1.165, 1.54) is 5.56 Å². The number of aliphatic hydroxyl groups is 1. The maximum atomic E-state index is 9.02. The van der Waals surface area contributed by atoms with Crippen molar-refractivity contribution in [3.63, 3.8) is 0 Å². The van der Waals surface area contributed by atoms with E-state index in [1.54, 1.807) is 13.1 Å². The van der Waals surface area contributed by atoms with Crippen LogP contribution in [0.3, 0.4) is 0 Å². The third-order valence-corrected chi connectivity index (χ3v) is 1.85. The number of nitrogens with one attached hydrogen (secondary N) is 1. The molecule has 0 amide bonds. The summed E-state index contributed by atoms with van der Waals surface area (Å²) in [6.45, 7) is 5.12. The van der Waals surface area contributed by atoms with Crippen LogP contribution in [0.4, 0.5) is 0 Å². The largest absolute Gasteiger partial charge is 0.392 e.